The molecule has 1 fully saturated rings. The van der Waals surface area contributed by atoms with E-state index >= 15 is 0 Å². The van der Waals surface area contributed by atoms with Crippen molar-refractivity contribution in [1.82, 2.24) is 4.90 Å². The first-order valence-corrected chi connectivity index (χ1v) is 8.92. The summed E-state index contributed by atoms with van der Waals surface area (Å²) in [6, 6.07) is 12.6. The highest BCUT2D eigenvalue weighted by atomic mass is 16.7. The number of ether oxygens (including phenoxy) is 2. The fourth-order valence-electron chi connectivity index (χ4n) is 3.67. The SMILES string of the molecule is N[C@@H]1CN(CC(=O)Nc2cc3c(cc2[N+](=O)[O-])OCO3)C[C@H]1c1ccccc1. The van der Waals surface area contributed by atoms with Gasteiger partial charge < -0.3 is 20.5 Å². The smallest absolute Gasteiger partial charge is 0.296 e. The van der Waals surface area contributed by atoms with Crippen LogP contribution in [0.15, 0.2) is 42.5 Å². The molecule has 146 valence electrons. The van der Waals surface area contributed by atoms with E-state index in [0.717, 1.165) is 5.56 Å². The van der Waals surface area contributed by atoms with Gasteiger partial charge in [-0.1, -0.05) is 30.3 Å². The number of nitrogens with zero attached hydrogens (tertiary/aromatic N) is 2. The van der Waals surface area contributed by atoms with E-state index in [1.54, 1.807) is 0 Å². The monoisotopic (exact) mass is 384 g/mol. The molecule has 0 spiro atoms. The molecule has 0 radical (unpaired) electrons. The minimum Gasteiger partial charge on any atom is -0.454 e. The Hall–Kier alpha value is -3.17. The van der Waals surface area contributed by atoms with E-state index in [-0.39, 0.29) is 42.6 Å². The number of anilines is 1. The molecular weight excluding hydrogens is 364 g/mol. The average molecular weight is 384 g/mol. The zero-order valence-electron chi connectivity index (χ0n) is 15.0. The zero-order valence-corrected chi connectivity index (χ0v) is 15.0. The van der Waals surface area contributed by atoms with Crippen molar-refractivity contribution in [3.05, 3.63) is 58.1 Å². The van der Waals surface area contributed by atoms with Gasteiger partial charge in [-0.25, -0.2) is 0 Å². The number of benzene rings is 2. The van der Waals surface area contributed by atoms with E-state index in [4.69, 9.17) is 15.2 Å². The summed E-state index contributed by atoms with van der Waals surface area (Å²) in [7, 11) is 0. The fraction of sp³-hybridized carbons (Fsp3) is 0.316. The number of carbonyl (C=O) groups excluding carboxylic acids is 1. The van der Waals surface area contributed by atoms with E-state index in [0.29, 0.717) is 24.6 Å². The van der Waals surface area contributed by atoms with Crippen molar-refractivity contribution in [3.63, 3.8) is 0 Å². The van der Waals surface area contributed by atoms with E-state index in [1.165, 1.54) is 12.1 Å². The summed E-state index contributed by atoms with van der Waals surface area (Å²) in [5, 5.41) is 13.9. The lowest BCUT2D eigenvalue weighted by molar-refractivity contribution is -0.384. The summed E-state index contributed by atoms with van der Waals surface area (Å²) in [5.74, 6) is 0.464. The molecule has 9 nitrogen and oxygen atoms in total. The van der Waals surface area contributed by atoms with E-state index in [2.05, 4.69) is 5.32 Å². The Bertz CT molecular complexity index is 905. The van der Waals surface area contributed by atoms with Gasteiger partial charge in [0, 0.05) is 31.1 Å². The highest BCUT2D eigenvalue weighted by Gasteiger charge is 2.32. The molecule has 28 heavy (non-hydrogen) atoms. The van der Waals surface area contributed by atoms with Crippen LogP contribution in [0.3, 0.4) is 0 Å². The largest absolute Gasteiger partial charge is 0.454 e. The fourth-order valence-corrected chi connectivity index (χ4v) is 3.67. The van der Waals surface area contributed by atoms with Crippen LogP contribution in [-0.2, 0) is 4.79 Å². The molecule has 2 atom stereocenters. The Kier molecular flexibility index (Phi) is 4.84. The highest BCUT2D eigenvalue weighted by Crippen LogP contribution is 2.40. The van der Waals surface area contributed by atoms with Crippen molar-refractivity contribution in [2.45, 2.75) is 12.0 Å². The van der Waals surface area contributed by atoms with Crippen LogP contribution in [0.2, 0.25) is 0 Å². The zero-order chi connectivity index (χ0) is 19.7. The van der Waals surface area contributed by atoms with Gasteiger partial charge in [-0.15, -0.1) is 0 Å². The third-order valence-electron chi connectivity index (χ3n) is 5.00. The van der Waals surface area contributed by atoms with Gasteiger partial charge in [0.25, 0.3) is 5.69 Å². The molecule has 0 aromatic heterocycles. The third kappa shape index (κ3) is 3.62. The maximum Gasteiger partial charge on any atom is 0.296 e. The van der Waals surface area contributed by atoms with Crippen LogP contribution in [-0.4, -0.2) is 48.2 Å². The molecule has 1 amide bonds. The van der Waals surface area contributed by atoms with Crippen molar-refractivity contribution in [1.29, 1.82) is 0 Å². The van der Waals surface area contributed by atoms with Crippen molar-refractivity contribution in [2.75, 3.05) is 31.7 Å². The maximum atomic E-state index is 12.5. The number of amides is 1. The topological polar surface area (TPSA) is 120 Å². The van der Waals surface area contributed by atoms with Gasteiger partial charge in [0.2, 0.25) is 12.7 Å². The van der Waals surface area contributed by atoms with Crippen molar-refractivity contribution in [3.8, 4) is 11.5 Å². The molecule has 4 rings (SSSR count). The number of nitrogens with two attached hydrogens (primary N) is 1. The van der Waals surface area contributed by atoms with Gasteiger partial charge in [0.1, 0.15) is 5.69 Å². The first-order valence-electron chi connectivity index (χ1n) is 8.92. The highest BCUT2D eigenvalue weighted by molar-refractivity contribution is 5.95. The summed E-state index contributed by atoms with van der Waals surface area (Å²) in [6.07, 6.45) is 0. The molecule has 3 N–H and O–H groups in total. The second kappa shape index (κ2) is 7.45. The first-order chi connectivity index (χ1) is 13.5. The molecule has 0 unspecified atom stereocenters. The van der Waals surface area contributed by atoms with Crippen molar-refractivity contribution in [2.24, 2.45) is 5.73 Å². The first kappa shape index (κ1) is 18.2. The predicted octanol–water partition coefficient (Wildman–Crippen LogP) is 1.69. The van der Waals surface area contributed by atoms with Crippen LogP contribution < -0.4 is 20.5 Å². The molecule has 2 aromatic carbocycles. The van der Waals surface area contributed by atoms with E-state index in [9.17, 15) is 14.9 Å². The van der Waals surface area contributed by atoms with Gasteiger partial charge in [-0.2, -0.15) is 0 Å². The van der Waals surface area contributed by atoms with Gasteiger partial charge in [-0.3, -0.25) is 19.8 Å². The Morgan fingerprint density at radius 3 is 2.64 bits per heavy atom. The predicted molar refractivity (Wildman–Crippen MR) is 101 cm³/mol. The molecule has 2 aliphatic rings. The summed E-state index contributed by atoms with van der Waals surface area (Å²) in [4.78, 5) is 25.2. The number of hydrogen-bond acceptors (Lipinski definition) is 7. The molecule has 2 aliphatic heterocycles. The van der Waals surface area contributed by atoms with Gasteiger partial charge in [-0.05, 0) is 5.56 Å². The number of nitrogens with one attached hydrogen (secondary N) is 1. The van der Waals surface area contributed by atoms with Gasteiger partial charge in [0.05, 0.1) is 17.5 Å². The molecule has 9 heteroatoms. The number of nitro benzene ring substituents is 1. The second-order valence-electron chi connectivity index (χ2n) is 6.90. The molecule has 0 bridgehead atoms. The van der Waals surface area contributed by atoms with E-state index in [1.807, 2.05) is 35.2 Å². The molecule has 2 aromatic rings. The summed E-state index contributed by atoms with van der Waals surface area (Å²) < 4.78 is 10.4. The Morgan fingerprint density at radius 1 is 1.21 bits per heavy atom. The van der Waals surface area contributed by atoms with Crippen LogP contribution in [0, 0.1) is 10.1 Å². The lowest BCUT2D eigenvalue weighted by atomic mass is 9.95. The Morgan fingerprint density at radius 2 is 1.93 bits per heavy atom. The number of fused-ring (bicyclic) bond motifs is 1. The minimum atomic E-state index is -0.561. The molecular formula is C19H20N4O5. The molecule has 0 saturated carbocycles. The standard InChI is InChI=1S/C19H20N4O5/c20-14-9-22(8-13(14)12-4-2-1-3-5-12)10-19(24)21-15-6-17-18(28-11-27-17)7-16(15)23(25)26/h1-7,13-14H,8-11,20H2,(H,21,24)/t13-,14+/m0/s1. The van der Waals surface area contributed by atoms with Crippen LogP contribution in [0.25, 0.3) is 0 Å². The van der Waals surface area contributed by atoms with Crippen LogP contribution in [0.4, 0.5) is 11.4 Å². The summed E-state index contributed by atoms with van der Waals surface area (Å²) in [5.41, 5.74) is 7.25. The van der Waals surface area contributed by atoms with Crippen LogP contribution in [0.5, 0.6) is 11.5 Å². The quantitative estimate of drug-likeness (QED) is 0.594. The number of likely N-dealkylation sites (tertiary alicyclic amines) is 1. The number of rotatable bonds is 5. The molecule has 0 aliphatic carbocycles. The molecule has 1 saturated heterocycles. The lowest BCUT2D eigenvalue weighted by Gasteiger charge is -2.16. The Balaban J connectivity index is 1.43. The second-order valence-corrected chi connectivity index (χ2v) is 6.90. The molecule has 2 heterocycles. The Labute approximate surface area is 161 Å². The number of carbonyl (C=O) groups is 1. The maximum absolute atomic E-state index is 12.5. The summed E-state index contributed by atoms with van der Waals surface area (Å²) in [6.45, 7) is 1.33. The van der Waals surface area contributed by atoms with Crippen molar-refractivity contribution >= 4 is 17.3 Å². The van der Waals surface area contributed by atoms with Gasteiger partial charge >= 0.3 is 0 Å². The normalized spacial score (nSPS) is 20.9. The number of nitro groups is 1. The third-order valence-corrected chi connectivity index (χ3v) is 5.00. The van der Waals surface area contributed by atoms with Crippen LogP contribution in [0.1, 0.15) is 11.5 Å². The summed E-state index contributed by atoms with van der Waals surface area (Å²) >= 11 is 0. The van der Waals surface area contributed by atoms with Crippen LogP contribution >= 0.6 is 0 Å². The number of hydrogen-bond donors (Lipinski definition) is 2. The minimum absolute atomic E-state index is 0.00354. The van der Waals surface area contributed by atoms with Gasteiger partial charge in [0.15, 0.2) is 11.5 Å². The van der Waals surface area contributed by atoms with Crippen molar-refractivity contribution < 1.29 is 19.2 Å². The lowest BCUT2D eigenvalue weighted by Crippen LogP contribution is -2.33. The van der Waals surface area contributed by atoms with E-state index < -0.39 is 4.92 Å². The average Bonchev–Trinajstić information content (AvgIpc) is 3.27.